The highest BCUT2D eigenvalue weighted by Gasteiger charge is 2.23. The van der Waals surface area contributed by atoms with E-state index in [9.17, 15) is 5.11 Å². The summed E-state index contributed by atoms with van der Waals surface area (Å²) >= 11 is 0. The van der Waals surface area contributed by atoms with Crippen LogP contribution in [0.15, 0.2) is 30.0 Å². The molecule has 0 aromatic rings. The summed E-state index contributed by atoms with van der Waals surface area (Å²) < 4.78 is 0. The summed E-state index contributed by atoms with van der Waals surface area (Å²) in [5.74, 6) is 0.780. The molecule has 1 fully saturated rings. The molecule has 5 nitrogen and oxygen atoms in total. The van der Waals surface area contributed by atoms with Gasteiger partial charge in [0.25, 0.3) is 0 Å². The predicted octanol–water partition coefficient (Wildman–Crippen LogP) is -0.446. The SMILES string of the molecule is C=CC(O)N1CCN(C2=NC=C[N]2)CC1. The minimum Gasteiger partial charge on any atom is -0.375 e. The number of piperazine rings is 1. The highest BCUT2D eigenvalue weighted by atomic mass is 16.3. The van der Waals surface area contributed by atoms with Crippen molar-refractivity contribution in [2.24, 2.45) is 4.99 Å². The Hall–Kier alpha value is -1.33. The molecule has 2 heterocycles. The Morgan fingerprint density at radius 2 is 2.07 bits per heavy atom. The summed E-state index contributed by atoms with van der Waals surface area (Å²) in [7, 11) is 0. The fourth-order valence-corrected chi connectivity index (χ4v) is 1.73. The van der Waals surface area contributed by atoms with Crippen molar-refractivity contribution in [3.8, 4) is 0 Å². The number of hydrogen-bond acceptors (Lipinski definition) is 4. The average Bonchev–Trinajstić information content (AvgIpc) is 2.82. The normalized spacial score (nSPS) is 23.5. The van der Waals surface area contributed by atoms with Crippen molar-refractivity contribution < 1.29 is 5.11 Å². The monoisotopic (exact) mass is 207 g/mol. The van der Waals surface area contributed by atoms with Gasteiger partial charge in [0.15, 0.2) is 0 Å². The smallest absolute Gasteiger partial charge is 0.225 e. The van der Waals surface area contributed by atoms with Crippen LogP contribution in [-0.2, 0) is 0 Å². The van der Waals surface area contributed by atoms with Gasteiger partial charge in [-0.05, 0) is 6.08 Å². The first-order chi connectivity index (χ1) is 7.31. The number of rotatable bonds is 2. The maximum Gasteiger partial charge on any atom is 0.225 e. The van der Waals surface area contributed by atoms with Crippen LogP contribution >= 0.6 is 0 Å². The summed E-state index contributed by atoms with van der Waals surface area (Å²) in [6, 6.07) is 0. The molecule has 2 rings (SSSR count). The van der Waals surface area contributed by atoms with E-state index in [1.54, 1.807) is 18.5 Å². The first-order valence-corrected chi connectivity index (χ1v) is 5.04. The Bertz CT molecular complexity index is 292. The predicted molar refractivity (Wildman–Crippen MR) is 58.1 cm³/mol. The highest BCUT2D eigenvalue weighted by Crippen LogP contribution is 2.07. The van der Waals surface area contributed by atoms with Crippen LogP contribution in [0.3, 0.4) is 0 Å². The van der Waals surface area contributed by atoms with Crippen LogP contribution in [0.2, 0.25) is 0 Å². The molecule has 0 bridgehead atoms. The Morgan fingerprint density at radius 3 is 2.60 bits per heavy atom. The molecule has 1 saturated heterocycles. The Kier molecular flexibility index (Phi) is 3.03. The van der Waals surface area contributed by atoms with E-state index in [2.05, 4.69) is 21.8 Å². The summed E-state index contributed by atoms with van der Waals surface area (Å²) in [5, 5.41) is 13.7. The first-order valence-electron chi connectivity index (χ1n) is 5.04. The van der Waals surface area contributed by atoms with Crippen LogP contribution in [0.25, 0.3) is 0 Å². The molecule has 2 aliphatic heterocycles. The quantitative estimate of drug-likeness (QED) is 0.624. The van der Waals surface area contributed by atoms with Crippen molar-refractivity contribution in [3.63, 3.8) is 0 Å². The van der Waals surface area contributed by atoms with E-state index in [1.807, 2.05) is 4.90 Å². The zero-order chi connectivity index (χ0) is 10.7. The zero-order valence-corrected chi connectivity index (χ0v) is 8.58. The Morgan fingerprint density at radius 1 is 1.33 bits per heavy atom. The molecule has 0 aromatic heterocycles. The summed E-state index contributed by atoms with van der Waals surface area (Å²) in [4.78, 5) is 8.24. The molecule has 0 spiro atoms. The number of nitrogens with zero attached hydrogens (tertiary/aromatic N) is 4. The molecule has 0 saturated carbocycles. The lowest BCUT2D eigenvalue weighted by molar-refractivity contribution is 0.0180. The number of aliphatic hydroxyl groups excluding tert-OH is 1. The second kappa shape index (κ2) is 4.46. The van der Waals surface area contributed by atoms with E-state index in [-0.39, 0.29) is 0 Å². The molecule has 1 radical (unpaired) electrons. The van der Waals surface area contributed by atoms with Crippen molar-refractivity contribution in [1.29, 1.82) is 0 Å². The molecule has 81 valence electrons. The lowest BCUT2D eigenvalue weighted by Gasteiger charge is -2.36. The van der Waals surface area contributed by atoms with Crippen molar-refractivity contribution >= 4 is 5.96 Å². The average molecular weight is 207 g/mol. The lowest BCUT2D eigenvalue weighted by atomic mass is 10.3. The van der Waals surface area contributed by atoms with Gasteiger partial charge in [-0.1, -0.05) is 6.58 Å². The number of guanidine groups is 1. The number of aliphatic hydroxyl groups is 1. The van der Waals surface area contributed by atoms with Crippen molar-refractivity contribution in [3.05, 3.63) is 25.1 Å². The molecule has 15 heavy (non-hydrogen) atoms. The van der Waals surface area contributed by atoms with Gasteiger partial charge in [0.05, 0.1) is 0 Å². The van der Waals surface area contributed by atoms with Crippen LogP contribution in [-0.4, -0.2) is 53.3 Å². The van der Waals surface area contributed by atoms with Gasteiger partial charge < -0.3 is 10.0 Å². The fraction of sp³-hybridized carbons (Fsp3) is 0.500. The van der Waals surface area contributed by atoms with E-state index in [1.165, 1.54) is 0 Å². The molecular weight excluding hydrogens is 192 g/mol. The molecule has 1 atom stereocenters. The molecule has 0 aromatic carbocycles. The van der Waals surface area contributed by atoms with Gasteiger partial charge in [0.1, 0.15) is 6.23 Å². The summed E-state index contributed by atoms with van der Waals surface area (Å²) in [6.07, 6.45) is 4.41. The van der Waals surface area contributed by atoms with E-state index in [0.29, 0.717) is 0 Å². The van der Waals surface area contributed by atoms with Crippen LogP contribution in [0.5, 0.6) is 0 Å². The Balaban J connectivity index is 1.84. The van der Waals surface area contributed by atoms with Crippen LogP contribution in [0.1, 0.15) is 0 Å². The molecule has 1 N–H and O–H groups in total. The van der Waals surface area contributed by atoms with Crippen molar-refractivity contribution in [2.75, 3.05) is 26.2 Å². The standard InChI is InChI=1S/C10H15N4O/c1-2-9(15)13-5-7-14(8-6-13)10-11-3-4-12-10/h2-4,9,15H,1,5-8H2. The van der Waals surface area contributed by atoms with Crippen LogP contribution < -0.4 is 5.32 Å². The third kappa shape index (κ3) is 2.19. The van der Waals surface area contributed by atoms with Gasteiger partial charge in [-0.3, -0.25) is 4.90 Å². The minimum atomic E-state index is -0.535. The van der Waals surface area contributed by atoms with Gasteiger partial charge in [-0.15, -0.1) is 0 Å². The lowest BCUT2D eigenvalue weighted by Crippen LogP contribution is -2.52. The topological polar surface area (TPSA) is 53.2 Å². The second-order valence-corrected chi connectivity index (χ2v) is 3.53. The minimum absolute atomic E-state index is 0.535. The third-order valence-electron chi connectivity index (χ3n) is 2.63. The van der Waals surface area contributed by atoms with E-state index >= 15 is 0 Å². The van der Waals surface area contributed by atoms with Gasteiger partial charge in [0.2, 0.25) is 5.96 Å². The van der Waals surface area contributed by atoms with Gasteiger partial charge in [0, 0.05) is 38.6 Å². The molecule has 0 aliphatic carbocycles. The Labute approximate surface area is 89.4 Å². The first kappa shape index (κ1) is 10.2. The number of aliphatic imine (C=N–C) groups is 1. The fourth-order valence-electron chi connectivity index (χ4n) is 1.73. The van der Waals surface area contributed by atoms with Gasteiger partial charge >= 0.3 is 0 Å². The third-order valence-corrected chi connectivity index (χ3v) is 2.63. The molecular formula is C10H15N4O. The molecule has 0 amide bonds. The molecule has 2 aliphatic rings. The molecule has 5 heteroatoms. The maximum absolute atomic E-state index is 9.56. The largest absolute Gasteiger partial charge is 0.375 e. The highest BCUT2D eigenvalue weighted by molar-refractivity contribution is 5.82. The van der Waals surface area contributed by atoms with Crippen LogP contribution in [0, 0.1) is 0 Å². The van der Waals surface area contributed by atoms with Crippen LogP contribution in [0.4, 0.5) is 0 Å². The van der Waals surface area contributed by atoms with Crippen molar-refractivity contribution in [2.45, 2.75) is 6.23 Å². The van der Waals surface area contributed by atoms with E-state index < -0.39 is 6.23 Å². The number of hydrogen-bond donors (Lipinski definition) is 1. The maximum atomic E-state index is 9.56. The summed E-state index contributed by atoms with van der Waals surface area (Å²) in [6.45, 7) is 6.87. The van der Waals surface area contributed by atoms with Gasteiger partial charge in [-0.25, -0.2) is 10.3 Å². The van der Waals surface area contributed by atoms with E-state index in [0.717, 1.165) is 32.1 Å². The van der Waals surface area contributed by atoms with Gasteiger partial charge in [-0.2, -0.15) is 0 Å². The molecule has 1 unspecified atom stereocenters. The second-order valence-electron chi connectivity index (χ2n) is 3.53. The van der Waals surface area contributed by atoms with Crippen molar-refractivity contribution in [1.82, 2.24) is 15.1 Å². The summed E-state index contributed by atoms with van der Waals surface area (Å²) in [5.41, 5.74) is 0. The van der Waals surface area contributed by atoms with E-state index in [4.69, 9.17) is 0 Å². The zero-order valence-electron chi connectivity index (χ0n) is 8.58.